The Hall–Kier alpha value is 0.390. The number of hydrogen-bond donors (Lipinski definition) is 0. The van der Waals surface area contributed by atoms with E-state index in [0.29, 0.717) is 0 Å². The molecular weight excluding hydrogens is 239 g/mol. The molecule has 0 saturated carbocycles. The third-order valence-corrected chi connectivity index (χ3v) is 4.96. The van der Waals surface area contributed by atoms with E-state index in [9.17, 15) is 0 Å². The molecule has 0 bridgehead atoms. The number of thioether (sulfide) groups is 1. The summed E-state index contributed by atoms with van der Waals surface area (Å²) in [4.78, 5) is 1.91. The van der Waals surface area contributed by atoms with Crippen LogP contribution in [-0.2, 0) is 20.9 Å². The minimum absolute atomic E-state index is 0.847. The first-order valence-electron chi connectivity index (χ1n) is 4.11. The standard InChI is InChI=1S/C7H17N2O2PS2/c1-6-14-7(9(2)3)8-12(13,10-4)11-5/h6H2,1-5H3/b8-7-. The number of nitrogens with zero attached hydrogens (tertiary/aromatic N) is 2. The second-order valence-electron chi connectivity index (χ2n) is 2.54. The van der Waals surface area contributed by atoms with Crippen molar-refractivity contribution < 1.29 is 9.05 Å². The van der Waals surface area contributed by atoms with Gasteiger partial charge in [0.05, 0.1) is 0 Å². The highest BCUT2D eigenvalue weighted by molar-refractivity contribution is 8.15. The maximum absolute atomic E-state index is 5.15. The van der Waals surface area contributed by atoms with Crippen LogP contribution in [0.5, 0.6) is 0 Å². The molecule has 0 aromatic rings. The van der Waals surface area contributed by atoms with Gasteiger partial charge in [0.15, 0.2) is 5.17 Å². The molecule has 0 aliphatic heterocycles. The molecule has 4 nitrogen and oxygen atoms in total. The molecule has 14 heavy (non-hydrogen) atoms. The highest BCUT2D eigenvalue weighted by atomic mass is 32.5. The van der Waals surface area contributed by atoms with Crippen LogP contribution in [0.2, 0.25) is 0 Å². The molecule has 0 unspecified atom stereocenters. The topological polar surface area (TPSA) is 34.1 Å². The summed E-state index contributed by atoms with van der Waals surface area (Å²) in [5.74, 6) is 0.944. The zero-order valence-electron chi connectivity index (χ0n) is 9.18. The van der Waals surface area contributed by atoms with E-state index in [1.54, 1.807) is 11.8 Å². The molecule has 0 rings (SSSR count). The van der Waals surface area contributed by atoms with E-state index in [-0.39, 0.29) is 0 Å². The molecule has 0 heterocycles. The second-order valence-corrected chi connectivity index (χ2v) is 7.03. The SMILES string of the molecule is CCS/C(=N\P(=S)(OC)OC)N(C)C. The lowest BCUT2D eigenvalue weighted by Crippen LogP contribution is -2.19. The predicted molar refractivity (Wildman–Crippen MR) is 67.6 cm³/mol. The fourth-order valence-corrected chi connectivity index (χ4v) is 2.80. The van der Waals surface area contributed by atoms with Crippen LogP contribution in [0.4, 0.5) is 0 Å². The average molecular weight is 256 g/mol. The van der Waals surface area contributed by atoms with Gasteiger partial charge in [0, 0.05) is 28.3 Å². The molecular formula is C7H17N2O2PS2. The Bertz CT molecular complexity index is 238. The third-order valence-electron chi connectivity index (χ3n) is 1.33. The Balaban J connectivity index is 4.78. The molecule has 7 heteroatoms. The molecule has 0 spiro atoms. The lowest BCUT2D eigenvalue weighted by atomic mass is 10.9. The van der Waals surface area contributed by atoms with Crippen molar-refractivity contribution in [1.82, 2.24) is 4.90 Å². The van der Waals surface area contributed by atoms with Gasteiger partial charge < -0.3 is 13.9 Å². The van der Waals surface area contributed by atoms with Gasteiger partial charge in [-0.2, -0.15) is 4.76 Å². The normalized spacial score (nSPS) is 13.1. The summed E-state index contributed by atoms with van der Waals surface area (Å²) < 4.78 is 14.5. The van der Waals surface area contributed by atoms with Gasteiger partial charge >= 0.3 is 6.64 Å². The lowest BCUT2D eigenvalue weighted by Gasteiger charge is -2.18. The van der Waals surface area contributed by atoms with E-state index in [1.165, 1.54) is 14.2 Å². The summed E-state index contributed by atoms with van der Waals surface area (Å²) in [6.07, 6.45) is 0. The maximum Gasteiger partial charge on any atom is 0.310 e. The smallest absolute Gasteiger partial charge is 0.310 e. The number of rotatable bonds is 4. The van der Waals surface area contributed by atoms with Gasteiger partial charge in [0.2, 0.25) is 0 Å². The molecule has 0 amide bonds. The highest BCUT2D eigenvalue weighted by Crippen LogP contribution is 2.49. The van der Waals surface area contributed by atoms with Crippen molar-refractivity contribution in [2.24, 2.45) is 4.76 Å². The summed E-state index contributed by atoms with van der Waals surface area (Å²) in [5, 5.41) is 0.847. The summed E-state index contributed by atoms with van der Waals surface area (Å²) in [6, 6.07) is 0. The van der Waals surface area contributed by atoms with Gasteiger partial charge in [-0.25, -0.2) is 0 Å². The molecule has 0 N–H and O–H groups in total. The van der Waals surface area contributed by atoms with Crippen molar-refractivity contribution in [2.75, 3.05) is 34.1 Å². The van der Waals surface area contributed by atoms with Gasteiger partial charge in [-0.15, -0.1) is 0 Å². The van der Waals surface area contributed by atoms with Crippen molar-refractivity contribution >= 4 is 35.4 Å². The van der Waals surface area contributed by atoms with Gasteiger partial charge in [-0.3, -0.25) is 0 Å². The fraction of sp³-hybridized carbons (Fsp3) is 0.857. The van der Waals surface area contributed by atoms with Gasteiger partial charge in [-0.1, -0.05) is 18.7 Å². The molecule has 0 fully saturated rings. The quantitative estimate of drug-likeness (QED) is 0.437. The Morgan fingerprint density at radius 1 is 1.43 bits per heavy atom. The second kappa shape index (κ2) is 6.80. The lowest BCUT2D eigenvalue weighted by molar-refractivity contribution is 0.338. The van der Waals surface area contributed by atoms with E-state index < -0.39 is 6.64 Å². The summed E-state index contributed by atoms with van der Waals surface area (Å²) in [5.41, 5.74) is 0. The number of hydrogen-bond acceptors (Lipinski definition) is 4. The summed E-state index contributed by atoms with van der Waals surface area (Å²) >= 11 is 6.77. The van der Waals surface area contributed by atoms with Crippen molar-refractivity contribution in [1.29, 1.82) is 0 Å². The van der Waals surface area contributed by atoms with Crippen LogP contribution in [0, 0.1) is 0 Å². The van der Waals surface area contributed by atoms with Crippen molar-refractivity contribution in [3.05, 3.63) is 0 Å². The van der Waals surface area contributed by atoms with E-state index >= 15 is 0 Å². The average Bonchev–Trinajstić information content (AvgIpc) is 2.17. The van der Waals surface area contributed by atoms with E-state index in [1.807, 2.05) is 19.0 Å². The van der Waals surface area contributed by atoms with Crippen molar-refractivity contribution in [2.45, 2.75) is 6.92 Å². The van der Waals surface area contributed by atoms with Crippen LogP contribution < -0.4 is 0 Å². The maximum atomic E-state index is 5.15. The van der Waals surface area contributed by atoms with Gasteiger partial charge in [0.1, 0.15) is 0 Å². The van der Waals surface area contributed by atoms with E-state index in [2.05, 4.69) is 11.7 Å². The Morgan fingerprint density at radius 3 is 2.21 bits per heavy atom. The first-order chi connectivity index (χ1) is 6.49. The molecule has 0 aromatic heterocycles. The van der Waals surface area contributed by atoms with Crippen LogP contribution in [0.3, 0.4) is 0 Å². The molecule has 0 saturated heterocycles. The largest absolute Gasteiger partial charge is 0.357 e. The van der Waals surface area contributed by atoms with Crippen molar-refractivity contribution in [3.63, 3.8) is 0 Å². The monoisotopic (exact) mass is 256 g/mol. The van der Waals surface area contributed by atoms with Crippen molar-refractivity contribution in [3.8, 4) is 0 Å². The van der Waals surface area contributed by atoms with Crippen LogP contribution in [0.25, 0.3) is 0 Å². The van der Waals surface area contributed by atoms with Crippen LogP contribution in [0.1, 0.15) is 6.92 Å². The number of amidine groups is 1. The first kappa shape index (κ1) is 14.4. The summed E-state index contributed by atoms with van der Waals surface area (Å²) in [6.45, 7) is -0.400. The fourth-order valence-electron chi connectivity index (χ4n) is 0.637. The van der Waals surface area contributed by atoms with E-state index in [4.69, 9.17) is 20.9 Å². The van der Waals surface area contributed by atoms with E-state index in [0.717, 1.165) is 10.9 Å². The molecule has 0 aromatic carbocycles. The Morgan fingerprint density at radius 2 is 1.93 bits per heavy atom. The molecule has 0 aliphatic carbocycles. The highest BCUT2D eigenvalue weighted by Gasteiger charge is 2.16. The third kappa shape index (κ3) is 4.75. The molecule has 0 atom stereocenters. The van der Waals surface area contributed by atoms with Gasteiger partial charge in [-0.05, 0) is 17.6 Å². The zero-order chi connectivity index (χ0) is 11.2. The Labute approximate surface area is 95.3 Å². The van der Waals surface area contributed by atoms with Crippen LogP contribution in [-0.4, -0.2) is 44.1 Å². The van der Waals surface area contributed by atoms with Gasteiger partial charge in [0.25, 0.3) is 0 Å². The minimum atomic E-state index is -2.46. The molecule has 84 valence electrons. The van der Waals surface area contributed by atoms with Crippen LogP contribution >= 0.6 is 18.4 Å². The first-order valence-corrected chi connectivity index (χ1v) is 7.68. The van der Waals surface area contributed by atoms with Crippen LogP contribution in [0.15, 0.2) is 4.76 Å². The molecule has 0 aliphatic rings. The summed E-state index contributed by atoms with van der Waals surface area (Å²) in [7, 11) is 6.90. The zero-order valence-corrected chi connectivity index (χ0v) is 11.7. The molecule has 0 radical (unpaired) electrons. The predicted octanol–water partition coefficient (Wildman–Crippen LogP) is 2.17. The minimum Gasteiger partial charge on any atom is -0.357 e. The Kier molecular flexibility index (Phi) is 6.99.